The molecule has 6 heteroatoms. The molecule has 3 N–H and O–H groups in total. The molecule has 0 aromatic carbocycles. The highest BCUT2D eigenvalue weighted by atomic mass is 32.2. The van der Waals surface area contributed by atoms with Gasteiger partial charge in [-0.3, -0.25) is 4.98 Å². The van der Waals surface area contributed by atoms with E-state index in [9.17, 15) is 4.21 Å². The van der Waals surface area contributed by atoms with Gasteiger partial charge < -0.3 is 10.7 Å². The van der Waals surface area contributed by atoms with Gasteiger partial charge in [0.25, 0.3) is 0 Å². The van der Waals surface area contributed by atoms with Crippen LogP contribution in [0, 0.1) is 5.41 Å². The van der Waals surface area contributed by atoms with Crippen LogP contribution < -0.4 is 10.0 Å². The van der Waals surface area contributed by atoms with Gasteiger partial charge in [-0.1, -0.05) is 0 Å². The van der Waals surface area contributed by atoms with Gasteiger partial charge in [-0.25, -0.2) is 8.93 Å². The summed E-state index contributed by atoms with van der Waals surface area (Å²) in [6.45, 7) is 7.68. The number of anilines is 1. The number of nitrogens with one attached hydrogen (secondary N) is 3. The summed E-state index contributed by atoms with van der Waals surface area (Å²) in [5.41, 5.74) is 2.35. The molecule has 0 fully saturated rings. The van der Waals surface area contributed by atoms with E-state index in [1.54, 1.807) is 13.2 Å². The first kappa shape index (κ1) is 15.8. The summed E-state index contributed by atoms with van der Waals surface area (Å²) in [5, 5.41) is 10.4. The molecule has 106 valence electrons. The fourth-order valence-electron chi connectivity index (χ4n) is 1.45. The monoisotopic (exact) mass is 282 g/mol. The molecular formula is C13H22N4OS. The lowest BCUT2D eigenvalue weighted by Gasteiger charge is -2.22. The number of hydrogen-bond donors (Lipinski definition) is 3. The van der Waals surface area contributed by atoms with E-state index in [1.165, 1.54) is 6.21 Å². The summed E-state index contributed by atoms with van der Waals surface area (Å²) in [6.07, 6.45) is 2.97. The Bertz CT molecular complexity index is 482. The molecule has 0 radical (unpaired) electrons. The second kappa shape index (κ2) is 6.25. The Morgan fingerprint density at radius 3 is 2.58 bits per heavy atom. The summed E-state index contributed by atoms with van der Waals surface area (Å²) in [4.78, 5) is 4.33. The highest BCUT2D eigenvalue weighted by Gasteiger charge is 2.22. The minimum atomic E-state index is -1.15. The minimum Gasteiger partial charge on any atom is -0.386 e. The fraction of sp³-hybridized carbons (Fsp3) is 0.538. The molecule has 0 aliphatic carbocycles. The number of nitrogens with zero attached hydrogens (tertiary/aromatic N) is 1. The van der Waals surface area contributed by atoms with Gasteiger partial charge in [0.05, 0.1) is 39.4 Å². The zero-order chi connectivity index (χ0) is 14.6. The van der Waals surface area contributed by atoms with E-state index in [0.29, 0.717) is 0 Å². The van der Waals surface area contributed by atoms with E-state index in [4.69, 9.17) is 5.41 Å². The number of aromatic nitrogens is 1. The van der Waals surface area contributed by atoms with Crippen LogP contribution >= 0.6 is 0 Å². The normalized spacial score (nSPS) is 14.8. The van der Waals surface area contributed by atoms with E-state index in [2.05, 4.69) is 15.0 Å². The first-order chi connectivity index (χ1) is 8.79. The van der Waals surface area contributed by atoms with Crippen molar-refractivity contribution in [2.24, 2.45) is 0 Å². The Morgan fingerprint density at radius 2 is 2.11 bits per heavy atom. The minimum absolute atomic E-state index is 0.135. The van der Waals surface area contributed by atoms with E-state index in [0.717, 1.165) is 16.9 Å². The summed E-state index contributed by atoms with van der Waals surface area (Å²) in [5.74, 6) is 0. The van der Waals surface area contributed by atoms with Gasteiger partial charge >= 0.3 is 0 Å². The lowest BCUT2D eigenvalue weighted by atomic mass is 10.1. The predicted octanol–water partition coefficient (Wildman–Crippen LogP) is 2.23. The van der Waals surface area contributed by atoms with Gasteiger partial charge in [-0.05, 0) is 33.8 Å². The molecule has 0 saturated heterocycles. The zero-order valence-corrected chi connectivity index (χ0v) is 12.9. The third-order valence-electron chi connectivity index (χ3n) is 2.67. The van der Waals surface area contributed by atoms with Crippen LogP contribution in [0.5, 0.6) is 0 Å². The standard InChI is InChI=1S/C13H22N4OS/c1-9(17-19(18)13(2,3)4)11-6-10(7-14)12(15-5)8-16-11/h6-9,14-15,17H,1-5H3/t9-,19-/m1/s1. The number of rotatable bonds is 5. The lowest BCUT2D eigenvalue weighted by Crippen LogP contribution is -2.35. The Kier molecular flexibility index (Phi) is 5.20. The van der Waals surface area contributed by atoms with Crippen LogP contribution in [0.15, 0.2) is 12.3 Å². The second-order valence-corrected chi connectivity index (χ2v) is 7.31. The maximum absolute atomic E-state index is 12.0. The molecule has 2 atom stereocenters. The highest BCUT2D eigenvalue weighted by Crippen LogP contribution is 2.19. The van der Waals surface area contributed by atoms with Gasteiger partial charge in [0.2, 0.25) is 0 Å². The molecule has 1 heterocycles. The molecule has 1 aromatic rings. The first-order valence-electron chi connectivity index (χ1n) is 6.15. The molecule has 0 unspecified atom stereocenters. The Hall–Kier alpha value is -1.27. The maximum Gasteiger partial charge on any atom is 0.0976 e. The van der Waals surface area contributed by atoms with E-state index < -0.39 is 11.0 Å². The zero-order valence-electron chi connectivity index (χ0n) is 12.1. The topological polar surface area (TPSA) is 77.9 Å². The maximum atomic E-state index is 12.0. The number of pyridine rings is 1. The largest absolute Gasteiger partial charge is 0.386 e. The molecule has 1 rings (SSSR count). The van der Waals surface area contributed by atoms with Crippen LogP contribution in [-0.2, 0) is 11.0 Å². The second-order valence-electron chi connectivity index (χ2n) is 5.31. The molecule has 1 aromatic heterocycles. The van der Waals surface area contributed by atoms with Crippen LogP contribution in [0.2, 0.25) is 0 Å². The molecule has 0 aliphatic heterocycles. The third kappa shape index (κ3) is 4.11. The lowest BCUT2D eigenvalue weighted by molar-refractivity contribution is 0.611. The van der Waals surface area contributed by atoms with Crippen molar-refractivity contribution in [2.45, 2.75) is 38.5 Å². The van der Waals surface area contributed by atoms with Crippen LogP contribution in [0.3, 0.4) is 0 Å². The van der Waals surface area contributed by atoms with Gasteiger partial charge in [-0.15, -0.1) is 0 Å². The summed E-state index contributed by atoms with van der Waals surface area (Å²) < 4.78 is 14.8. The average molecular weight is 282 g/mol. The molecule has 0 aliphatic rings. The highest BCUT2D eigenvalue weighted by molar-refractivity contribution is 7.84. The van der Waals surface area contributed by atoms with Gasteiger partial charge in [-0.2, -0.15) is 0 Å². The molecule has 0 amide bonds. The molecule has 0 bridgehead atoms. The predicted molar refractivity (Wildman–Crippen MR) is 81.1 cm³/mol. The molecule has 5 nitrogen and oxygen atoms in total. The van der Waals surface area contributed by atoms with Crippen molar-refractivity contribution in [3.8, 4) is 0 Å². The Balaban J connectivity index is 2.92. The van der Waals surface area contributed by atoms with Gasteiger partial charge in [0, 0.05) is 18.8 Å². The van der Waals surface area contributed by atoms with Gasteiger partial charge in [0.15, 0.2) is 0 Å². The summed E-state index contributed by atoms with van der Waals surface area (Å²) >= 11 is 0. The van der Waals surface area contributed by atoms with Crippen LogP contribution in [0.4, 0.5) is 5.69 Å². The first-order valence-corrected chi connectivity index (χ1v) is 7.30. The average Bonchev–Trinajstić information content (AvgIpc) is 2.36. The quantitative estimate of drug-likeness (QED) is 0.725. The molecule has 0 spiro atoms. The van der Waals surface area contributed by atoms with E-state index in [1.807, 2.05) is 33.8 Å². The Morgan fingerprint density at radius 1 is 1.47 bits per heavy atom. The smallest absolute Gasteiger partial charge is 0.0976 e. The molecule has 0 saturated carbocycles. The van der Waals surface area contributed by atoms with Crippen molar-refractivity contribution in [2.75, 3.05) is 12.4 Å². The Labute approximate surface area is 117 Å². The molecular weight excluding hydrogens is 260 g/mol. The summed E-state index contributed by atoms with van der Waals surface area (Å²) in [6, 6.07) is 1.70. The van der Waals surface area contributed by atoms with Crippen molar-refractivity contribution in [1.29, 1.82) is 5.41 Å². The van der Waals surface area contributed by atoms with Crippen LogP contribution in [0.25, 0.3) is 0 Å². The number of hydrogen-bond acceptors (Lipinski definition) is 4. The molecule has 19 heavy (non-hydrogen) atoms. The van der Waals surface area contributed by atoms with E-state index in [-0.39, 0.29) is 10.8 Å². The third-order valence-corrected chi connectivity index (χ3v) is 4.35. The van der Waals surface area contributed by atoms with Crippen LogP contribution in [-0.4, -0.2) is 27.2 Å². The SMILES string of the molecule is CNc1cnc([C@@H](C)N[S@](=O)C(C)(C)C)cc1C=N. The van der Waals surface area contributed by atoms with Crippen molar-refractivity contribution in [1.82, 2.24) is 9.71 Å². The van der Waals surface area contributed by atoms with Crippen molar-refractivity contribution >= 4 is 22.9 Å². The van der Waals surface area contributed by atoms with Crippen LogP contribution in [0.1, 0.15) is 45.0 Å². The van der Waals surface area contributed by atoms with Crippen molar-refractivity contribution < 1.29 is 4.21 Å². The van der Waals surface area contributed by atoms with Crippen molar-refractivity contribution in [3.63, 3.8) is 0 Å². The van der Waals surface area contributed by atoms with Crippen molar-refractivity contribution in [3.05, 3.63) is 23.5 Å². The fourth-order valence-corrected chi connectivity index (χ4v) is 2.25. The summed E-state index contributed by atoms with van der Waals surface area (Å²) in [7, 11) is 0.645. The van der Waals surface area contributed by atoms with Gasteiger partial charge in [0.1, 0.15) is 0 Å². The van der Waals surface area contributed by atoms with E-state index >= 15 is 0 Å².